The first-order valence-electron chi connectivity index (χ1n) is 9.82. The van der Waals surface area contributed by atoms with Gasteiger partial charge in [-0.25, -0.2) is 0 Å². The van der Waals surface area contributed by atoms with E-state index in [0.717, 1.165) is 29.1 Å². The lowest BCUT2D eigenvalue weighted by molar-refractivity contribution is -0.118. The lowest BCUT2D eigenvalue weighted by Gasteiger charge is -2.13. The number of carbonyl (C=O) groups is 3. The molecule has 4 rings (SSSR count). The van der Waals surface area contributed by atoms with E-state index in [9.17, 15) is 14.4 Å². The fourth-order valence-electron chi connectivity index (χ4n) is 3.59. The monoisotopic (exact) mass is 425 g/mol. The Morgan fingerprint density at radius 1 is 1.23 bits per heavy atom. The highest BCUT2D eigenvalue weighted by Gasteiger charge is 2.27. The Balaban J connectivity index is 1.45. The van der Waals surface area contributed by atoms with Gasteiger partial charge < -0.3 is 20.7 Å². The molecule has 1 atom stereocenters. The SMILES string of the molecule is CSCC[C@@H]1NC(=O)c2cc(NC(=O)Cc3ccc4c(c3)OCC4)ccc2NC1=O. The maximum atomic E-state index is 12.6. The number of anilines is 2. The van der Waals surface area contributed by atoms with Crippen LogP contribution in [0.3, 0.4) is 0 Å². The van der Waals surface area contributed by atoms with E-state index in [4.69, 9.17) is 4.74 Å². The zero-order valence-corrected chi connectivity index (χ0v) is 17.4. The summed E-state index contributed by atoms with van der Waals surface area (Å²) in [6.07, 6.45) is 3.61. The van der Waals surface area contributed by atoms with Crippen molar-refractivity contribution in [2.75, 3.05) is 29.2 Å². The van der Waals surface area contributed by atoms with Crippen LogP contribution in [0.4, 0.5) is 11.4 Å². The van der Waals surface area contributed by atoms with Crippen LogP contribution in [0.5, 0.6) is 5.75 Å². The molecule has 0 saturated carbocycles. The molecule has 2 heterocycles. The molecule has 0 aromatic heterocycles. The molecule has 3 N–H and O–H groups in total. The maximum absolute atomic E-state index is 12.6. The third-order valence-corrected chi connectivity index (χ3v) is 5.81. The first-order valence-corrected chi connectivity index (χ1v) is 11.2. The van der Waals surface area contributed by atoms with Gasteiger partial charge in [-0.1, -0.05) is 12.1 Å². The van der Waals surface area contributed by atoms with Crippen LogP contribution in [0.2, 0.25) is 0 Å². The molecule has 0 fully saturated rings. The van der Waals surface area contributed by atoms with Crippen LogP contribution >= 0.6 is 11.8 Å². The number of thioether (sulfide) groups is 1. The van der Waals surface area contributed by atoms with Crippen LogP contribution in [-0.4, -0.2) is 42.4 Å². The molecule has 0 unspecified atom stereocenters. The van der Waals surface area contributed by atoms with Crippen LogP contribution in [-0.2, 0) is 22.4 Å². The lowest BCUT2D eigenvalue weighted by atomic mass is 10.1. The van der Waals surface area contributed by atoms with Gasteiger partial charge in [0.15, 0.2) is 0 Å². The summed E-state index contributed by atoms with van der Waals surface area (Å²) in [7, 11) is 0. The second kappa shape index (κ2) is 8.79. The van der Waals surface area contributed by atoms with Crippen molar-refractivity contribution in [3.05, 3.63) is 53.1 Å². The third-order valence-electron chi connectivity index (χ3n) is 5.16. The van der Waals surface area contributed by atoms with Crippen molar-refractivity contribution in [3.63, 3.8) is 0 Å². The fraction of sp³-hybridized carbons (Fsp3) is 0.318. The minimum absolute atomic E-state index is 0.191. The summed E-state index contributed by atoms with van der Waals surface area (Å²) in [5.41, 5.74) is 3.30. The molecular formula is C22H23N3O4S. The molecule has 2 aliphatic heterocycles. The molecule has 2 aromatic rings. The van der Waals surface area contributed by atoms with Crippen LogP contribution in [0.1, 0.15) is 27.9 Å². The average molecular weight is 426 g/mol. The van der Waals surface area contributed by atoms with E-state index in [1.54, 1.807) is 30.0 Å². The highest BCUT2D eigenvalue weighted by molar-refractivity contribution is 7.98. The summed E-state index contributed by atoms with van der Waals surface area (Å²) in [5, 5.41) is 8.40. The molecule has 3 amide bonds. The summed E-state index contributed by atoms with van der Waals surface area (Å²) in [6, 6.07) is 10.2. The van der Waals surface area contributed by atoms with Gasteiger partial charge in [0.05, 0.1) is 24.3 Å². The Hall–Kier alpha value is -3.00. The van der Waals surface area contributed by atoms with Crippen molar-refractivity contribution in [2.24, 2.45) is 0 Å². The number of hydrogen-bond acceptors (Lipinski definition) is 5. The first-order chi connectivity index (χ1) is 14.5. The second-order valence-corrected chi connectivity index (χ2v) is 8.31. The standard InChI is InChI=1S/C22H23N3O4S/c1-30-9-7-18-22(28)24-17-5-4-15(12-16(17)21(27)25-18)23-20(26)11-13-2-3-14-6-8-29-19(14)10-13/h2-5,10,12,18H,6-9,11H2,1H3,(H,23,26)(H,24,28)(H,25,27)/t18-/m0/s1. The largest absolute Gasteiger partial charge is 0.493 e. The van der Waals surface area contributed by atoms with Gasteiger partial charge in [-0.05, 0) is 53.8 Å². The predicted molar refractivity (Wildman–Crippen MR) is 117 cm³/mol. The number of rotatable bonds is 6. The van der Waals surface area contributed by atoms with E-state index in [-0.39, 0.29) is 24.1 Å². The number of benzene rings is 2. The van der Waals surface area contributed by atoms with Gasteiger partial charge in [0.2, 0.25) is 11.8 Å². The molecule has 8 heteroatoms. The summed E-state index contributed by atoms with van der Waals surface area (Å²) >= 11 is 1.62. The number of nitrogens with one attached hydrogen (secondary N) is 3. The molecule has 2 aliphatic rings. The van der Waals surface area contributed by atoms with Crippen molar-refractivity contribution in [3.8, 4) is 5.75 Å². The third kappa shape index (κ3) is 4.43. The van der Waals surface area contributed by atoms with Gasteiger partial charge in [-0.15, -0.1) is 0 Å². The summed E-state index contributed by atoms with van der Waals surface area (Å²) in [4.78, 5) is 37.5. The van der Waals surface area contributed by atoms with Crippen molar-refractivity contribution in [1.82, 2.24) is 5.32 Å². The molecule has 0 radical (unpaired) electrons. The van der Waals surface area contributed by atoms with E-state index >= 15 is 0 Å². The lowest BCUT2D eigenvalue weighted by Crippen LogP contribution is -2.41. The van der Waals surface area contributed by atoms with Crippen molar-refractivity contribution < 1.29 is 19.1 Å². The zero-order chi connectivity index (χ0) is 21.1. The van der Waals surface area contributed by atoms with Gasteiger partial charge in [0.25, 0.3) is 5.91 Å². The highest BCUT2D eigenvalue weighted by Crippen LogP contribution is 2.27. The Kier molecular flexibility index (Phi) is 5.94. The second-order valence-electron chi connectivity index (χ2n) is 7.32. The van der Waals surface area contributed by atoms with Crippen LogP contribution in [0, 0.1) is 0 Å². The van der Waals surface area contributed by atoms with Crippen LogP contribution in [0.25, 0.3) is 0 Å². The van der Waals surface area contributed by atoms with Crippen molar-refractivity contribution in [2.45, 2.75) is 25.3 Å². The van der Waals surface area contributed by atoms with Crippen LogP contribution < -0.4 is 20.7 Å². The number of hydrogen-bond donors (Lipinski definition) is 3. The van der Waals surface area contributed by atoms with E-state index in [2.05, 4.69) is 16.0 Å². The topological polar surface area (TPSA) is 96.5 Å². The minimum atomic E-state index is -0.572. The van der Waals surface area contributed by atoms with Gasteiger partial charge in [-0.2, -0.15) is 11.8 Å². The Labute approximate surface area is 178 Å². The Morgan fingerprint density at radius 3 is 2.93 bits per heavy atom. The van der Waals surface area contributed by atoms with E-state index in [1.807, 2.05) is 24.5 Å². The van der Waals surface area contributed by atoms with Gasteiger partial charge in [0, 0.05) is 12.1 Å². The van der Waals surface area contributed by atoms with E-state index in [1.165, 1.54) is 0 Å². The van der Waals surface area contributed by atoms with Gasteiger partial charge in [-0.3, -0.25) is 14.4 Å². The fourth-order valence-corrected chi connectivity index (χ4v) is 4.06. The number of carbonyl (C=O) groups excluding carboxylic acids is 3. The molecule has 0 saturated heterocycles. The highest BCUT2D eigenvalue weighted by atomic mass is 32.2. The molecule has 0 spiro atoms. The average Bonchev–Trinajstić information content (AvgIpc) is 3.15. The van der Waals surface area contributed by atoms with Gasteiger partial charge >= 0.3 is 0 Å². The van der Waals surface area contributed by atoms with Crippen molar-refractivity contribution in [1.29, 1.82) is 0 Å². The number of amides is 3. The minimum Gasteiger partial charge on any atom is -0.493 e. The molecule has 2 aromatic carbocycles. The summed E-state index contributed by atoms with van der Waals surface area (Å²) in [5.74, 6) is 0.856. The number of fused-ring (bicyclic) bond motifs is 2. The quantitative estimate of drug-likeness (QED) is 0.661. The van der Waals surface area contributed by atoms with E-state index in [0.29, 0.717) is 30.0 Å². The Bertz CT molecular complexity index is 1010. The smallest absolute Gasteiger partial charge is 0.254 e. The normalized spacial score (nSPS) is 17.2. The zero-order valence-electron chi connectivity index (χ0n) is 16.6. The summed E-state index contributed by atoms with van der Waals surface area (Å²) in [6.45, 7) is 0.677. The van der Waals surface area contributed by atoms with E-state index < -0.39 is 6.04 Å². The first kappa shape index (κ1) is 20.3. The molecule has 30 heavy (non-hydrogen) atoms. The maximum Gasteiger partial charge on any atom is 0.254 e. The van der Waals surface area contributed by atoms with Crippen molar-refractivity contribution >= 4 is 40.9 Å². The summed E-state index contributed by atoms with van der Waals surface area (Å²) < 4.78 is 5.55. The molecule has 0 aliphatic carbocycles. The number of ether oxygens (including phenoxy) is 1. The Morgan fingerprint density at radius 2 is 2.10 bits per heavy atom. The molecule has 156 valence electrons. The molecule has 7 nitrogen and oxygen atoms in total. The van der Waals surface area contributed by atoms with Gasteiger partial charge in [0.1, 0.15) is 11.8 Å². The predicted octanol–water partition coefficient (Wildman–Crippen LogP) is 2.61. The van der Waals surface area contributed by atoms with Crippen LogP contribution in [0.15, 0.2) is 36.4 Å². The molecular weight excluding hydrogens is 402 g/mol. The molecule has 0 bridgehead atoms.